The second kappa shape index (κ2) is 7.60. The lowest BCUT2D eigenvalue weighted by atomic mass is 10.1. The van der Waals surface area contributed by atoms with Gasteiger partial charge in [0.15, 0.2) is 5.13 Å². The number of aryl methyl sites for hydroxylation is 1. The largest absolute Gasteiger partial charge is 0.457 e. The first-order chi connectivity index (χ1) is 13.2. The zero-order valence-electron chi connectivity index (χ0n) is 14.8. The highest BCUT2D eigenvalue weighted by atomic mass is 32.1. The van der Waals surface area contributed by atoms with Gasteiger partial charge in [-0.25, -0.2) is 4.98 Å². The fourth-order valence-electron chi connectivity index (χ4n) is 2.81. The number of nitrogens with zero attached hydrogens (tertiary/aromatic N) is 1. The molecule has 0 aliphatic rings. The van der Waals surface area contributed by atoms with Crippen molar-refractivity contribution in [1.29, 1.82) is 0 Å². The van der Waals surface area contributed by atoms with Crippen molar-refractivity contribution in [1.82, 2.24) is 4.98 Å². The van der Waals surface area contributed by atoms with Gasteiger partial charge in [0, 0.05) is 29.0 Å². The molecule has 5 heteroatoms. The highest BCUT2D eigenvalue weighted by Gasteiger charge is 2.06. The minimum Gasteiger partial charge on any atom is -0.457 e. The molecule has 27 heavy (non-hydrogen) atoms. The highest BCUT2D eigenvalue weighted by molar-refractivity contribution is 7.15. The number of nitrogens with one attached hydrogen (secondary N) is 1. The van der Waals surface area contributed by atoms with Crippen molar-refractivity contribution in [2.75, 3.05) is 5.32 Å². The van der Waals surface area contributed by atoms with Crippen LogP contribution in [0.3, 0.4) is 0 Å². The molecular formula is C22H18N2O2S. The van der Waals surface area contributed by atoms with Crippen LogP contribution in [0.15, 0.2) is 71.3 Å². The standard InChI is InChI=1S/C22H18N2O2S/c1-15-7-9-20-17(11-15)13-18(26-20)8-10-21(25)24-22-23-14-19(27-22)12-16-5-3-2-4-6-16/h2-11,13-14H,12H2,1H3,(H,23,24,25). The van der Waals surface area contributed by atoms with E-state index in [0.717, 1.165) is 22.3 Å². The molecule has 2 aromatic heterocycles. The maximum atomic E-state index is 12.1. The molecule has 2 aromatic carbocycles. The molecule has 4 rings (SSSR count). The molecule has 0 saturated carbocycles. The Labute approximate surface area is 161 Å². The SMILES string of the molecule is Cc1ccc2oc(C=CC(=O)Nc3ncc(Cc4ccccc4)s3)cc2c1. The minimum absolute atomic E-state index is 0.229. The third kappa shape index (κ3) is 4.33. The van der Waals surface area contributed by atoms with Crippen LogP contribution in [-0.4, -0.2) is 10.9 Å². The summed E-state index contributed by atoms with van der Waals surface area (Å²) in [4.78, 5) is 17.5. The van der Waals surface area contributed by atoms with Crippen LogP contribution >= 0.6 is 11.3 Å². The molecule has 134 valence electrons. The normalized spacial score (nSPS) is 11.3. The van der Waals surface area contributed by atoms with Crippen molar-refractivity contribution in [3.8, 4) is 0 Å². The summed E-state index contributed by atoms with van der Waals surface area (Å²) in [5, 5.41) is 4.42. The van der Waals surface area contributed by atoms with Crippen molar-refractivity contribution >= 4 is 39.4 Å². The number of hydrogen-bond acceptors (Lipinski definition) is 4. The number of fused-ring (bicyclic) bond motifs is 1. The van der Waals surface area contributed by atoms with Gasteiger partial charge in [-0.1, -0.05) is 42.0 Å². The van der Waals surface area contributed by atoms with Gasteiger partial charge in [-0.05, 0) is 36.8 Å². The van der Waals surface area contributed by atoms with Gasteiger partial charge in [0.05, 0.1) is 0 Å². The number of hydrogen-bond donors (Lipinski definition) is 1. The lowest BCUT2D eigenvalue weighted by Crippen LogP contribution is -2.06. The maximum Gasteiger partial charge on any atom is 0.250 e. The molecule has 4 nitrogen and oxygen atoms in total. The van der Waals surface area contributed by atoms with Gasteiger partial charge >= 0.3 is 0 Å². The number of rotatable bonds is 5. The first-order valence-electron chi connectivity index (χ1n) is 8.63. The van der Waals surface area contributed by atoms with Crippen molar-refractivity contribution < 1.29 is 9.21 Å². The van der Waals surface area contributed by atoms with Crippen LogP contribution in [0.2, 0.25) is 0 Å². The molecule has 1 N–H and O–H groups in total. The minimum atomic E-state index is -0.229. The number of anilines is 1. The number of thiazole rings is 1. The number of amides is 1. The van der Waals surface area contributed by atoms with E-state index in [2.05, 4.69) is 28.5 Å². The third-order valence-electron chi connectivity index (χ3n) is 4.09. The Hall–Kier alpha value is -3.18. The molecule has 0 fully saturated rings. The third-order valence-corrected chi connectivity index (χ3v) is 5.01. The van der Waals surface area contributed by atoms with Gasteiger partial charge in [-0.2, -0.15) is 0 Å². The Balaban J connectivity index is 1.39. The molecule has 2 heterocycles. The van der Waals surface area contributed by atoms with Crippen LogP contribution in [0, 0.1) is 6.92 Å². The molecule has 0 atom stereocenters. The van der Waals surface area contributed by atoms with Crippen LogP contribution in [0.25, 0.3) is 17.0 Å². The molecule has 1 amide bonds. The summed E-state index contributed by atoms with van der Waals surface area (Å²) in [5.74, 6) is 0.418. The van der Waals surface area contributed by atoms with E-state index in [1.807, 2.05) is 43.3 Å². The molecule has 0 aliphatic carbocycles. The Morgan fingerprint density at radius 3 is 2.89 bits per heavy atom. The fourth-order valence-corrected chi connectivity index (χ4v) is 3.66. The van der Waals surface area contributed by atoms with Crippen molar-refractivity contribution in [2.24, 2.45) is 0 Å². The second-order valence-electron chi connectivity index (χ2n) is 6.31. The number of benzene rings is 2. The van der Waals surface area contributed by atoms with E-state index >= 15 is 0 Å². The molecule has 4 aromatic rings. The summed E-state index contributed by atoms with van der Waals surface area (Å²) in [5.41, 5.74) is 3.21. The molecule has 0 unspecified atom stereocenters. The zero-order chi connectivity index (χ0) is 18.6. The van der Waals surface area contributed by atoms with E-state index in [4.69, 9.17) is 4.42 Å². The van der Waals surface area contributed by atoms with Crippen molar-refractivity contribution in [3.63, 3.8) is 0 Å². The second-order valence-corrected chi connectivity index (χ2v) is 7.42. The molecule has 0 spiro atoms. The van der Waals surface area contributed by atoms with Crippen molar-refractivity contribution in [2.45, 2.75) is 13.3 Å². The van der Waals surface area contributed by atoms with E-state index in [1.54, 1.807) is 12.3 Å². The van der Waals surface area contributed by atoms with E-state index in [9.17, 15) is 4.79 Å². The summed E-state index contributed by atoms with van der Waals surface area (Å²) in [6, 6.07) is 18.1. The van der Waals surface area contributed by atoms with Crippen LogP contribution in [0.5, 0.6) is 0 Å². The summed E-state index contributed by atoms with van der Waals surface area (Å²) < 4.78 is 5.71. The first kappa shape index (κ1) is 17.2. The number of carbonyl (C=O) groups excluding carboxylic acids is 1. The van der Waals surface area contributed by atoms with E-state index in [-0.39, 0.29) is 5.91 Å². The lowest BCUT2D eigenvalue weighted by Gasteiger charge is -1.97. The summed E-state index contributed by atoms with van der Waals surface area (Å²) >= 11 is 1.48. The Kier molecular flexibility index (Phi) is 4.85. The monoisotopic (exact) mass is 374 g/mol. The Morgan fingerprint density at radius 2 is 2.04 bits per heavy atom. The van der Waals surface area contributed by atoms with E-state index in [1.165, 1.54) is 28.5 Å². The quantitative estimate of drug-likeness (QED) is 0.473. The number of aromatic nitrogens is 1. The van der Waals surface area contributed by atoms with Crippen molar-refractivity contribution in [3.05, 3.63) is 88.6 Å². The van der Waals surface area contributed by atoms with Gasteiger partial charge in [0.1, 0.15) is 11.3 Å². The maximum absolute atomic E-state index is 12.1. The smallest absolute Gasteiger partial charge is 0.250 e. The van der Waals surface area contributed by atoms with Crippen LogP contribution < -0.4 is 5.32 Å². The highest BCUT2D eigenvalue weighted by Crippen LogP contribution is 2.23. The van der Waals surface area contributed by atoms with Gasteiger partial charge in [-0.15, -0.1) is 11.3 Å². The average Bonchev–Trinajstić information content (AvgIpc) is 3.27. The predicted molar refractivity (Wildman–Crippen MR) is 110 cm³/mol. The average molecular weight is 374 g/mol. The lowest BCUT2D eigenvalue weighted by molar-refractivity contribution is -0.111. The summed E-state index contributed by atoms with van der Waals surface area (Å²) in [7, 11) is 0. The molecular weight excluding hydrogens is 356 g/mol. The molecule has 0 aliphatic heterocycles. The van der Waals surface area contributed by atoms with Gasteiger partial charge in [-0.3, -0.25) is 10.1 Å². The number of furan rings is 1. The van der Waals surface area contributed by atoms with Crippen LogP contribution in [0.4, 0.5) is 5.13 Å². The number of carbonyl (C=O) groups is 1. The van der Waals surface area contributed by atoms with Gasteiger partial charge in [0.2, 0.25) is 5.91 Å². The van der Waals surface area contributed by atoms with E-state index in [0.29, 0.717) is 10.9 Å². The van der Waals surface area contributed by atoms with E-state index < -0.39 is 0 Å². The Bertz CT molecular complexity index is 1110. The van der Waals surface area contributed by atoms with Gasteiger partial charge in [0.25, 0.3) is 0 Å². The molecule has 0 saturated heterocycles. The predicted octanol–water partition coefficient (Wildman–Crippen LogP) is 5.44. The summed E-state index contributed by atoms with van der Waals surface area (Å²) in [6.07, 6.45) is 5.74. The molecule has 0 bridgehead atoms. The van der Waals surface area contributed by atoms with Crippen LogP contribution in [-0.2, 0) is 11.2 Å². The first-order valence-corrected chi connectivity index (χ1v) is 9.45. The van der Waals surface area contributed by atoms with Crippen LogP contribution in [0.1, 0.15) is 21.8 Å². The topological polar surface area (TPSA) is 55.1 Å². The zero-order valence-corrected chi connectivity index (χ0v) is 15.6. The molecule has 0 radical (unpaired) electrons. The summed E-state index contributed by atoms with van der Waals surface area (Å²) in [6.45, 7) is 2.04. The Morgan fingerprint density at radius 1 is 1.19 bits per heavy atom. The fraction of sp³-hybridized carbons (Fsp3) is 0.0909. The van der Waals surface area contributed by atoms with Gasteiger partial charge < -0.3 is 4.42 Å².